The van der Waals surface area contributed by atoms with E-state index in [0.717, 1.165) is 5.56 Å². The first-order valence-electron chi connectivity index (χ1n) is 9.10. The van der Waals surface area contributed by atoms with Crippen LogP contribution in [-0.4, -0.2) is 29.2 Å². The van der Waals surface area contributed by atoms with E-state index in [0.29, 0.717) is 5.75 Å². The number of urea groups is 1. The summed E-state index contributed by atoms with van der Waals surface area (Å²) in [6.07, 6.45) is 0. The van der Waals surface area contributed by atoms with Crippen LogP contribution in [0.3, 0.4) is 0 Å². The van der Waals surface area contributed by atoms with Crippen LogP contribution < -0.4 is 20.1 Å². The summed E-state index contributed by atoms with van der Waals surface area (Å²) in [5, 5.41) is 3.81. The molecule has 1 aliphatic heterocycles. The minimum Gasteiger partial charge on any atom is -0.489 e. The summed E-state index contributed by atoms with van der Waals surface area (Å²) in [4.78, 5) is 49.0. The quantitative estimate of drug-likeness (QED) is 0.672. The van der Waals surface area contributed by atoms with Crippen LogP contribution in [0, 0.1) is 11.7 Å². The van der Waals surface area contributed by atoms with Crippen molar-refractivity contribution >= 4 is 23.6 Å². The average Bonchev–Trinajstić information content (AvgIpc) is 2.70. The van der Waals surface area contributed by atoms with E-state index in [9.17, 15) is 23.6 Å². The fraction of sp³-hybridized carbons (Fsp3) is 0.238. The number of carbonyl (C=O) groups excluding carboxylic acids is 4. The Morgan fingerprint density at radius 3 is 2.00 bits per heavy atom. The maximum absolute atomic E-state index is 12.9. The Hall–Kier alpha value is -3.75. The summed E-state index contributed by atoms with van der Waals surface area (Å²) in [5.74, 6) is -3.64. The lowest BCUT2D eigenvalue weighted by atomic mass is 9.87. The fourth-order valence-electron chi connectivity index (χ4n) is 2.82. The highest BCUT2D eigenvalue weighted by molar-refractivity contribution is 6.34. The number of benzene rings is 2. The molecule has 0 spiro atoms. The lowest BCUT2D eigenvalue weighted by molar-refractivity contribution is -0.160. The van der Waals surface area contributed by atoms with Gasteiger partial charge in [-0.2, -0.15) is 0 Å². The first-order chi connectivity index (χ1) is 14.2. The molecule has 0 bridgehead atoms. The second kappa shape index (κ2) is 8.32. The van der Waals surface area contributed by atoms with E-state index in [4.69, 9.17) is 9.47 Å². The molecule has 0 aliphatic carbocycles. The number of hydrogen-bond donors (Lipinski definition) is 2. The Bertz CT molecular complexity index is 966. The molecule has 1 fully saturated rings. The van der Waals surface area contributed by atoms with Crippen molar-refractivity contribution in [1.29, 1.82) is 0 Å². The number of halogens is 1. The zero-order valence-electron chi connectivity index (χ0n) is 16.2. The monoisotopic (exact) mass is 414 g/mol. The van der Waals surface area contributed by atoms with Crippen LogP contribution in [0.1, 0.15) is 19.4 Å². The van der Waals surface area contributed by atoms with Crippen LogP contribution in [0.2, 0.25) is 0 Å². The highest BCUT2D eigenvalue weighted by atomic mass is 19.1. The van der Waals surface area contributed by atoms with Crippen LogP contribution >= 0.6 is 0 Å². The minimum absolute atomic E-state index is 0.0535. The Balaban J connectivity index is 1.77. The first-order valence-corrected chi connectivity index (χ1v) is 9.10. The third kappa shape index (κ3) is 4.14. The van der Waals surface area contributed by atoms with Crippen molar-refractivity contribution in [3.05, 3.63) is 59.9 Å². The van der Waals surface area contributed by atoms with Gasteiger partial charge in [-0.1, -0.05) is 26.0 Å². The average molecular weight is 414 g/mol. The smallest absolute Gasteiger partial charge is 0.328 e. The number of amides is 4. The second-order valence-corrected chi connectivity index (χ2v) is 6.93. The summed E-state index contributed by atoms with van der Waals surface area (Å²) in [6, 6.07) is 10.7. The van der Waals surface area contributed by atoms with Gasteiger partial charge in [0, 0.05) is 5.92 Å². The number of ether oxygens (including phenoxy) is 2. The van der Waals surface area contributed by atoms with Gasteiger partial charge in [0.25, 0.3) is 11.8 Å². The first kappa shape index (κ1) is 21.0. The maximum Gasteiger partial charge on any atom is 0.328 e. The van der Waals surface area contributed by atoms with Gasteiger partial charge < -0.3 is 9.47 Å². The van der Waals surface area contributed by atoms with E-state index in [1.807, 2.05) is 10.6 Å². The minimum atomic E-state index is -2.52. The van der Waals surface area contributed by atoms with Crippen molar-refractivity contribution in [2.75, 3.05) is 0 Å². The summed E-state index contributed by atoms with van der Waals surface area (Å²) in [6.45, 7) is 3.22. The van der Waals surface area contributed by atoms with Crippen molar-refractivity contribution in [3.8, 4) is 11.5 Å². The summed E-state index contributed by atoms with van der Waals surface area (Å²) in [5.41, 5.74) is -1.75. The van der Waals surface area contributed by atoms with Crippen molar-refractivity contribution in [2.24, 2.45) is 5.92 Å². The molecule has 30 heavy (non-hydrogen) atoms. The molecule has 2 aromatic carbocycles. The SMILES string of the molecule is CC(C)C(=O)C1(Oc2ccc(OCc3ccc(F)cc3)cc2)C(=O)NC(=O)NC1=O. The lowest BCUT2D eigenvalue weighted by Crippen LogP contribution is -2.73. The predicted molar refractivity (Wildman–Crippen MR) is 102 cm³/mol. The number of imide groups is 2. The third-order valence-corrected chi connectivity index (χ3v) is 4.38. The highest BCUT2D eigenvalue weighted by Crippen LogP contribution is 2.27. The van der Waals surface area contributed by atoms with Gasteiger partial charge in [0.2, 0.25) is 0 Å². The Morgan fingerprint density at radius 2 is 1.47 bits per heavy atom. The number of ketones is 1. The number of carbonyl (C=O) groups is 4. The van der Waals surface area contributed by atoms with E-state index in [1.54, 1.807) is 12.1 Å². The highest BCUT2D eigenvalue weighted by Gasteiger charge is 2.59. The standard InChI is InChI=1S/C21H19FN2O6/c1-12(2)17(25)21(18(26)23-20(28)24-19(21)27)30-16-9-7-15(8-10-16)29-11-13-3-5-14(22)6-4-13/h3-10,12H,11H2,1-2H3,(H2,23,24,26,27,28). The van der Waals surface area contributed by atoms with Crippen LogP contribution in [0.15, 0.2) is 48.5 Å². The van der Waals surface area contributed by atoms with Crippen LogP contribution in [0.5, 0.6) is 11.5 Å². The van der Waals surface area contributed by atoms with E-state index >= 15 is 0 Å². The van der Waals surface area contributed by atoms with Gasteiger partial charge in [0.05, 0.1) is 0 Å². The van der Waals surface area contributed by atoms with E-state index in [-0.39, 0.29) is 18.2 Å². The molecule has 8 nitrogen and oxygen atoms in total. The topological polar surface area (TPSA) is 111 Å². The molecule has 2 N–H and O–H groups in total. The predicted octanol–water partition coefficient (Wildman–Crippen LogP) is 2.11. The van der Waals surface area contributed by atoms with Crippen molar-refractivity contribution < 1.29 is 33.0 Å². The van der Waals surface area contributed by atoms with E-state index in [2.05, 4.69) is 0 Å². The van der Waals surface area contributed by atoms with E-state index in [1.165, 1.54) is 50.2 Å². The number of Topliss-reactive ketones (excluding diaryl/α,β-unsaturated/α-hetero) is 1. The summed E-state index contributed by atoms with van der Waals surface area (Å²) >= 11 is 0. The maximum atomic E-state index is 12.9. The molecule has 4 amide bonds. The molecule has 0 aromatic heterocycles. The zero-order chi connectivity index (χ0) is 21.9. The van der Waals surface area contributed by atoms with Crippen LogP contribution in [0.25, 0.3) is 0 Å². The van der Waals surface area contributed by atoms with Gasteiger partial charge in [-0.05, 0) is 42.0 Å². The van der Waals surface area contributed by atoms with Gasteiger partial charge in [0.1, 0.15) is 23.9 Å². The summed E-state index contributed by atoms with van der Waals surface area (Å²) < 4.78 is 24.1. The second-order valence-electron chi connectivity index (χ2n) is 6.93. The number of barbiturate groups is 1. The number of rotatable bonds is 7. The fourth-order valence-corrected chi connectivity index (χ4v) is 2.82. The zero-order valence-corrected chi connectivity index (χ0v) is 16.2. The number of hydrogen-bond acceptors (Lipinski definition) is 6. The van der Waals surface area contributed by atoms with E-state index < -0.39 is 35.1 Å². The normalized spacial score (nSPS) is 15.4. The molecule has 0 atom stereocenters. The molecule has 0 saturated carbocycles. The molecule has 1 saturated heterocycles. The molecule has 2 aromatic rings. The van der Waals surface area contributed by atoms with Gasteiger partial charge in [-0.15, -0.1) is 0 Å². The van der Waals surface area contributed by atoms with Gasteiger partial charge in [-0.3, -0.25) is 25.0 Å². The van der Waals surface area contributed by atoms with Gasteiger partial charge in [0.15, 0.2) is 5.78 Å². The van der Waals surface area contributed by atoms with Crippen molar-refractivity contribution in [2.45, 2.75) is 26.1 Å². The van der Waals surface area contributed by atoms with Crippen LogP contribution in [0.4, 0.5) is 9.18 Å². The lowest BCUT2D eigenvalue weighted by Gasteiger charge is -2.33. The molecule has 1 heterocycles. The molecule has 3 rings (SSSR count). The van der Waals surface area contributed by atoms with Crippen molar-refractivity contribution in [1.82, 2.24) is 10.6 Å². The molecule has 0 radical (unpaired) electrons. The molecular formula is C21H19FN2O6. The largest absolute Gasteiger partial charge is 0.489 e. The Kier molecular flexibility index (Phi) is 5.81. The van der Waals surface area contributed by atoms with Gasteiger partial charge >= 0.3 is 11.6 Å². The third-order valence-electron chi connectivity index (χ3n) is 4.38. The molecule has 1 aliphatic rings. The molecular weight excluding hydrogens is 395 g/mol. The van der Waals surface area contributed by atoms with Gasteiger partial charge in [-0.25, -0.2) is 9.18 Å². The Morgan fingerprint density at radius 1 is 0.933 bits per heavy atom. The molecule has 0 unspecified atom stereocenters. The van der Waals surface area contributed by atoms with Crippen molar-refractivity contribution in [3.63, 3.8) is 0 Å². The molecule has 156 valence electrons. The number of nitrogens with one attached hydrogen (secondary N) is 2. The Labute approximate surface area is 171 Å². The van der Waals surface area contributed by atoms with Crippen LogP contribution in [-0.2, 0) is 21.0 Å². The molecule has 9 heteroatoms. The summed E-state index contributed by atoms with van der Waals surface area (Å²) in [7, 11) is 0.